The monoisotopic (exact) mass is 304 g/mol. The van der Waals surface area contributed by atoms with Gasteiger partial charge in [0, 0.05) is 16.5 Å². The highest BCUT2D eigenvalue weighted by atomic mass is 16.3. The molecular weight excluding hydrogens is 288 g/mol. The van der Waals surface area contributed by atoms with Gasteiger partial charge in [0.2, 0.25) is 0 Å². The summed E-state index contributed by atoms with van der Waals surface area (Å²) in [5.74, 6) is -0.141. The minimum absolute atomic E-state index is 0.149. The zero-order valence-corrected chi connectivity index (χ0v) is 12.7. The van der Waals surface area contributed by atoms with Crippen LogP contribution in [0, 0.1) is 6.92 Å². The highest BCUT2D eigenvalue weighted by Gasteiger charge is 2.05. The number of fused-ring (bicyclic) bond motifs is 1. The Morgan fingerprint density at radius 1 is 1.04 bits per heavy atom. The van der Waals surface area contributed by atoms with Gasteiger partial charge in [-0.2, -0.15) is 5.10 Å². The van der Waals surface area contributed by atoms with Crippen LogP contribution in [0.2, 0.25) is 0 Å². The number of amides is 1. The third kappa shape index (κ3) is 3.21. The molecule has 4 heteroatoms. The van der Waals surface area contributed by atoms with Crippen LogP contribution in [0.1, 0.15) is 21.5 Å². The molecule has 3 aromatic rings. The number of carbonyl (C=O) groups excluding carboxylic acids is 1. The SMILES string of the molecule is Cc1ccc(C(=O)NN=Cc2ccc3ccccc3c2O)cc1. The van der Waals surface area contributed by atoms with Gasteiger partial charge in [-0.3, -0.25) is 4.79 Å². The predicted molar refractivity (Wildman–Crippen MR) is 91.9 cm³/mol. The minimum Gasteiger partial charge on any atom is -0.507 e. The Kier molecular flexibility index (Phi) is 4.06. The Bertz CT molecular complexity index is 884. The van der Waals surface area contributed by atoms with Crippen LogP contribution in [0.4, 0.5) is 0 Å². The van der Waals surface area contributed by atoms with Crippen LogP contribution in [0.3, 0.4) is 0 Å². The molecule has 2 N–H and O–H groups in total. The Balaban J connectivity index is 1.76. The van der Waals surface area contributed by atoms with Crippen molar-refractivity contribution in [3.8, 4) is 5.75 Å². The summed E-state index contributed by atoms with van der Waals surface area (Å²) in [5, 5.41) is 15.9. The number of carbonyl (C=O) groups is 1. The number of hydrazone groups is 1. The van der Waals surface area contributed by atoms with E-state index in [2.05, 4.69) is 10.5 Å². The number of hydrogen-bond donors (Lipinski definition) is 2. The van der Waals surface area contributed by atoms with E-state index in [0.29, 0.717) is 11.1 Å². The molecule has 0 heterocycles. The van der Waals surface area contributed by atoms with Crippen molar-refractivity contribution in [3.63, 3.8) is 0 Å². The van der Waals surface area contributed by atoms with Gasteiger partial charge >= 0.3 is 0 Å². The first-order valence-corrected chi connectivity index (χ1v) is 7.26. The van der Waals surface area contributed by atoms with Crippen molar-refractivity contribution in [3.05, 3.63) is 77.4 Å². The van der Waals surface area contributed by atoms with Gasteiger partial charge in [-0.15, -0.1) is 0 Å². The Labute approximate surface area is 134 Å². The highest BCUT2D eigenvalue weighted by Crippen LogP contribution is 2.27. The molecule has 0 unspecified atom stereocenters. The molecule has 0 aromatic heterocycles. The smallest absolute Gasteiger partial charge is 0.271 e. The fourth-order valence-electron chi connectivity index (χ4n) is 2.31. The second-order valence-corrected chi connectivity index (χ2v) is 5.29. The lowest BCUT2D eigenvalue weighted by Crippen LogP contribution is -2.17. The summed E-state index contributed by atoms with van der Waals surface area (Å²) in [5.41, 5.74) is 4.64. The first-order valence-electron chi connectivity index (χ1n) is 7.26. The molecule has 0 aliphatic heterocycles. The average molecular weight is 304 g/mol. The third-order valence-corrected chi connectivity index (χ3v) is 3.62. The first kappa shape index (κ1) is 14.8. The summed E-state index contributed by atoms with van der Waals surface area (Å²) in [6, 6.07) is 18.4. The van der Waals surface area contributed by atoms with E-state index in [9.17, 15) is 9.90 Å². The van der Waals surface area contributed by atoms with E-state index in [1.807, 2.05) is 49.4 Å². The molecule has 3 rings (SSSR count). The van der Waals surface area contributed by atoms with Gasteiger partial charge in [-0.25, -0.2) is 5.43 Å². The van der Waals surface area contributed by atoms with Crippen LogP contribution in [-0.4, -0.2) is 17.2 Å². The van der Waals surface area contributed by atoms with Gasteiger partial charge in [0.25, 0.3) is 5.91 Å². The van der Waals surface area contributed by atoms with E-state index in [-0.39, 0.29) is 11.7 Å². The van der Waals surface area contributed by atoms with Crippen LogP contribution >= 0.6 is 0 Å². The maximum Gasteiger partial charge on any atom is 0.271 e. The Morgan fingerprint density at radius 3 is 2.57 bits per heavy atom. The van der Waals surface area contributed by atoms with Crippen LogP contribution < -0.4 is 5.43 Å². The minimum atomic E-state index is -0.290. The zero-order chi connectivity index (χ0) is 16.2. The number of nitrogens with zero attached hydrogens (tertiary/aromatic N) is 1. The van der Waals surface area contributed by atoms with E-state index < -0.39 is 0 Å². The molecule has 3 aromatic carbocycles. The average Bonchev–Trinajstić information content (AvgIpc) is 2.57. The number of nitrogens with one attached hydrogen (secondary N) is 1. The van der Waals surface area contributed by atoms with Crippen LogP contribution in [0.5, 0.6) is 5.75 Å². The number of aryl methyl sites for hydroxylation is 1. The van der Waals surface area contributed by atoms with Crippen molar-refractivity contribution in [2.75, 3.05) is 0 Å². The van der Waals surface area contributed by atoms with Gasteiger partial charge in [0.1, 0.15) is 5.75 Å². The standard InChI is InChI=1S/C19H16N2O2/c1-13-6-8-15(9-7-13)19(23)21-20-12-16-11-10-14-4-2-3-5-17(14)18(16)22/h2-12,22H,1H3,(H,21,23). The molecule has 0 saturated carbocycles. The number of rotatable bonds is 3. The maximum atomic E-state index is 12.0. The lowest BCUT2D eigenvalue weighted by Gasteiger charge is -2.04. The first-order chi connectivity index (χ1) is 11.1. The number of phenolic OH excluding ortho intramolecular Hbond substituents is 1. The summed E-state index contributed by atoms with van der Waals surface area (Å²) >= 11 is 0. The Hall–Kier alpha value is -3.14. The summed E-state index contributed by atoms with van der Waals surface area (Å²) < 4.78 is 0. The van der Waals surface area contributed by atoms with Gasteiger partial charge < -0.3 is 5.11 Å². The molecular formula is C19H16N2O2. The van der Waals surface area contributed by atoms with Crippen LogP contribution in [0.25, 0.3) is 10.8 Å². The van der Waals surface area contributed by atoms with Crippen molar-refractivity contribution in [1.82, 2.24) is 5.43 Å². The van der Waals surface area contributed by atoms with Crippen LogP contribution in [-0.2, 0) is 0 Å². The molecule has 0 saturated heterocycles. The zero-order valence-electron chi connectivity index (χ0n) is 12.7. The molecule has 0 fully saturated rings. The van der Waals surface area contributed by atoms with Crippen molar-refractivity contribution < 1.29 is 9.90 Å². The summed E-state index contributed by atoms with van der Waals surface area (Å²) in [6.45, 7) is 1.96. The van der Waals surface area contributed by atoms with Gasteiger partial charge in [0.15, 0.2) is 0 Å². The topological polar surface area (TPSA) is 61.7 Å². The maximum absolute atomic E-state index is 12.0. The largest absolute Gasteiger partial charge is 0.507 e. The van der Waals surface area contributed by atoms with E-state index in [1.165, 1.54) is 6.21 Å². The number of phenols is 1. The predicted octanol–water partition coefficient (Wildman–Crippen LogP) is 3.62. The molecule has 23 heavy (non-hydrogen) atoms. The molecule has 0 aliphatic rings. The third-order valence-electron chi connectivity index (χ3n) is 3.62. The summed E-state index contributed by atoms with van der Waals surface area (Å²) in [6.07, 6.45) is 1.44. The molecule has 4 nitrogen and oxygen atoms in total. The highest BCUT2D eigenvalue weighted by molar-refractivity contribution is 5.98. The number of benzene rings is 3. The lowest BCUT2D eigenvalue weighted by atomic mass is 10.1. The second kappa shape index (κ2) is 6.32. The van der Waals surface area contributed by atoms with Crippen molar-refractivity contribution in [1.29, 1.82) is 0 Å². The molecule has 0 spiro atoms. The van der Waals surface area contributed by atoms with E-state index in [1.54, 1.807) is 18.2 Å². The lowest BCUT2D eigenvalue weighted by molar-refractivity contribution is 0.0955. The molecule has 1 amide bonds. The van der Waals surface area contributed by atoms with Gasteiger partial charge in [0.05, 0.1) is 6.21 Å². The summed E-state index contributed by atoms with van der Waals surface area (Å²) in [7, 11) is 0. The fourth-order valence-corrected chi connectivity index (χ4v) is 2.31. The number of hydrogen-bond acceptors (Lipinski definition) is 3. The van der Waals surface area contributed by atoms with Crippen molar-refractivity contribution >= 4 is 22.9 Å². The van der Waals surface area contributed by atoms with Gasteiger partial charge in [-0.05, 0) is 30.5 Å². The fraction of sp³-hybridized carbons (Fsp3) is 0.0526. The Morgan fingerprint density at radius 2 is 1.78 bits per heavy atom. The molecule has 0 atom stereocenters. The van der Waals surface area contributed by atoms with E-state index in [4.69, 9.17) is 0 Å². The van der Waals surface area contributed by atoms with E-state index in [0.717, 1.165) is 16.3 Å². The van der Waals surface area contributed by atoms with Crippen molar-refractivity contribution in [2.24, 2.45) is 5.10 Å². The molecule has 0 aliphatic carbocycles. The quantitative estimate of drug-likeness (QED) is 0.573. The van der Waals surface area contributed by atoms with E-state index >= 15 is 0 Å². The number of aromatic hydroxyl groups is 1. The molecule has 114 valence electrons. The van der Waals surface area contributed by atoms with Crippen molar-refractivity contribution in [2.45, 2.75) is 6.92 Å². The van der Waals surface area contributed by atoms with Gasteiger partial charge in [-0.1, -0.05) is 48.0 Å². The normalized spacial score (nSPS) is 11.0. The second-order valence-electron chi connectivity index (χ2n) is 5.29. The van der Waals surface area contributed by atoms with Crippen LogP contribution in [0.15, 0.2) is 65.8 Å². The molecule has 0 radical (unpaired) electrons. The summed E-state index contributed by atoms with van der Waals surface area (Å²) in [4.78, 5) is 12.0. The molecule has 0 bridgehead atoms.